The predicted molar refractivity (Wildman–Crippen MR) is 61.6 cm³/mol. The van der Waals surface area contributed by atoms with E-state index in [0.29, 0.717) is 26.4 Å². The molecule has 7 nitrogen and oxygen atoms in total. The monoisotopic (exact) mass is 256 g/mol. The van der Waals surface area contributed by atoms with Crippen molar-refractivity contribution in [2.24, 2.45) is 0 Å². The van der Waals surface area contributed by atoms with Crippen molar-refractivity contribution in [3.05, 3.63) is 18.1 Å². The van der Waals surface area contributed by atoms with Gasteiger partial charge in [0, 0.05) is 7.11 Å². The van der Waals surface area contributed by atoms with Crippen LogP contribution in [0.25, 0.3) is 0 Å². The van der Waals surface area contributed by atoms with E-state index in [-0.39, 0.29) is 11.6 Å². The van der Waals surface area contributed by atoms with Crippen molar-refractivity contribution in [2.75, 3.05) is 40.6 Å². The molecule has 0 radical (unpaired) electrons. The number of methoxy groups -OCH3 is 2. The van der Waals surface area contributed by atoms with Gasteiger partial charge in [-0.1, -0.05) is 0 Å². The molecule has 0 saturated carbocycles. The first-order chi connectivity index (χ1) is 8.77. The Morgan fingerprint density at radius 3 is 2.67 bits per heavy atom. The van der Waals surface area contributed by atoms with E-state index in [1.54, 1.807) is 7.11 Å². The predicted octanol–water partition coefficient (Wildman–Crippen LogP) is 0.305. The molecule has 1 heterocycles. The van der Waals surface area contributed by atoms with Crippen molar-refractivity contribution in [3.63, 3.8) is 0 Å². The summed E-state index contributed by atoms with van der Waals surface area (Å²) >= 11 is 0. The summed E-state index contributed by atoms with van der Waals surface area (Å²) in [7, 11) is 2.88. The van der Waals surface area contributed by atoms with Crippen LogP contribution in [0, 0.1) is 0 Å². The van der Waals surface area contributed by atoms with E-state index < -0.39 is 5.97 Å². The van der Waals surface area contributed by atoms with Crippen LogP contribution in [0.1, 0.15) is 10.5 Å². The van der Waals surface area contributed by atoms with Crippen molar-refractivity contribution >= 4 is 5.97 Å². The summed E-state index contributed by atoms with van der Waals surface area (Å²) < 4.78 is 19.8. The number of hydrogen-bond acceptors (Lipinski definition) is 7. The normalized spacial score (nSPS) is 10.1. The molecule has 0 bridgehead atoms. The van der Waals surface area contributed by atoms with Gasteiger partial charge in [-0.2, -0.15) is 0 Å². The minimum atomic E-state index is -0.552. The molecule has 0 amide bonds. The second-order valence-electron chi connectivity index (χ2n) is 3.19. The maximum absolute atomic E-state index is 11.2. The summed E-state index contributed by atoms with van der Waals surface area (Å²) in [5.74, 6) is -0.294. The van der Waals surface area contributed by atoms with Crippen LogP contribution in [-0.4, -0.2) is 56.6 Å². The first-order valence-corrected chi connectivity index (χ1v) is 5.37. The Hall–Kier alpha value is -1.73. The maximum atomic E-state index is 11.2. The molecular weight excluding hydrogens is 240 g/mol. The molecule has 0 spiro atoms. The van der Waals surface area contributed by atoms with Crippen LogP contribution in [0.4, 0.5) is 0 Å². The van der Waals surface area contributed by atoms with Crippen LogP contribution < -0.4 is 4.74 Å². The number of carbonyl (C=O) groups excluding carboxylic acids is 1. The Morgan fingerprint density at radius 2 is 1.94 bits per heavy atom. The van der Waals surface area contributed by atoms with Crippen LogP contribution in [0.5, 0.6) is 5.88 Å². The largest absolute Gasteiger partial charge is 0.474 e. The minimum absolute atomic E-state index is 0.107. The van der Waals surface area contributed by atoms with Gasteiger partial charge in [-0.05, 0) is 0 Å². The van der Waals surface area contributed by atoms with Gasteiger partial charge in [0.1, 0.15) is 6.61 Å². The topological polar surface area (TPSA) is 79.8 Å². The third kappa shape index (κ3) is 5.07. The van der Waals surface area contributed by atoms with Crippen molar-refractivity contribution in [1.82, 2.24) is 9.97 Å². The molecule has 0 aliphatic rings. The second kappa shape index (κ2) is 8.37. The highest BCUT2D eigenvalue weighted by Gasteiger charge is 2.08. The molecule has 0 aliphatic heterocycles. The smallest absolute Gasteiger partial charge is 0.358 e. The zero-order chi connectivity index (χ0) is 13.2. The lowest BCUT2D eigenvalue weighted by molar-refractivity contribution is 0.0530. The van der Waals surface area contributed by atoms with Crippen LogP contribution in [-0.2, 0) is 14.2 Å². The van der Waals surface area contributed by atoms with Crippen LogP contribution in [0.15, 0.2) is 12.4 Å². The number of nitrogens with zero attached hydrogens (tertiary/aromatic N) is 2. The molecule has 100 valence electrons. The fraction of sp³-hybridized carbons (Fsp3) is 0.545. The van der Waals surface area contributed by atoms with Crippen LogP contribution >= 0.6 is 0 Å². The molecule has 0 fully saturated rings. The minimum Gasteiger partial charge on any atom is -0.474 e. The Balaban J connectivity index is 2.32. The van der Waals surface area contributed by atoms with Gasteiger partial charge in [0.05, 0.1) is 39.3 Å². The van der Waals surface area contributed by atoms with Gasteiger partial charge in [-0.3, -0.25) is 4.98 Å². The fourth-order valence-corrected chi connectivity index (χ4v) is 1.07. The summed E-state index contributed by atoms with van der Waals surface area (Å²) in [5, 5.41) is 0. The lowest BCUT2D eigenvalue weighted by Crippen LogP contribution is -2.12. The average molecular weight is 256 g/mol. The molecule has 0 atom stereocenters. The van der Waals surface area contributed by atoms with Gasteiger partial charge in [0.15, 0.2) is 5.69 Å². The SMILES string of the molecule is COCCOCCOc1cncc(C(=O)OC)n1. The lowest BCUT2D eigenvalue weighted by Gasteiger charge is -2.06. The first kappa shape index (κ1) is 14.3. The van der Waals surface area contributed by atoms with E-state index in [9.17, 15) is 4.79 Å². The van der Waals surface area contributed by atoms with E-state index in [1.165, 1.54) is 19.5 Å². The van der Waals surface area contributed by atoms with Gasteiger partial charge < -0.3 is 18.9 Å². The first-order valence-electron chi connectivity index (χ1n) is 5.37. The van der Waals surface area contributed by atoms with E-state index in [4.69, 9.17) is 14.2 Å². The highest BCUT2D eigenvalue weighted by atomic mass is 16.5. The van der Waals surface area contributed by atoms with Crippen LogP contribution in [0.3, 0.4) is 0 Å². The number of rotatable bonds is 8. The summed E-state index contributed by atoms with van der Waals surface area (Å²) in [6.45, 7) is 1.78. The van der Waals surface area contributed by atoms with E-state index in [0.717, 1.165) is 0 Å². The highest BCUT2D eigenvalue weighted by molar-refractivity contribution is 5.86. The Morgan fingerprint density at radius 1 is 1.17 bits per heavy atom. The summed E-state index contributed by atoms with van der Waals surface area (Å²) in [5.41, 5.74) is 0.107. The summed E-state index contributed by atoms with van der Waals surface area (Å²) in [6.07, 6.45) is 2.73. The number of ether oxygens (including phenoxy) is 4. The maximum Gasteiger partial charge on any atom is 0.358 e. The number of carbonyl (C=O) groups is 1. The van der Waals surface area contributed by atoms with Gasteiger partial charge in [0.25, 0.3) is 0 Å². The van der Waals surface area contributed by atoms with Crippen molar-refractivity contribution in [3.8, 4) is 5.88 Å². The van der Waals surface area contributed by atoms with Gasteiger partial charge >= 0.3 is 5.97 Å². The molecule has 1 rings (SSSR count). The van der Waals surface area contributed by atoms with E-state index in [2.05, 4.69) is 14.7 Å². The average Bonchev–Trinajstić information content (AvgIpc) is 2.42. The molecule has 0 N–H and O–H groups in total. The zero-order valence-corrected chi connectivity index (χ0v) is 10.4. The molecule has 0 unspecified atom stereocenters. The van der Waals surface area contributed by atoms with Gasteiger partial charge in [-0.25, -0.2) is 9.78 Å². The summed E-state index contributed by atoms with van der Waals surface area (Å²) in [4.78, 5) is 19.0. The molecule has 18 heavy (non-hydrogen) atoms. The molecule has 1 aromatic rings. The molecule has 7 heteroatoms. The fourth-order valence-electron chi connectivity index (χ4n) is 1.07. The number of hydrogen-bond donors (Lipinski definition) is 0. The lowest BCUT2D eigenvalue weighted by atomic mass is 10.4. The summed E-state index contributed by atoms with van der Waals surface area (Å²) in [6, 6.07) is 0. The standard InChI is InChI=1S/C11H16N2O5/c1-15-3-4-17-5-6-18-10-8-12-7-9(13-10)11(14)16-2/h7-8H,3-6H2,1-2H3. The molecule has 0 aliphatic carbocycles. The number of esters is 1. The van der Waals surface area contributed by atoms with Gasteiger partial charge in [-0.15, -0.1) is 0 Å². The van der Waals surface area contributed by atoms with Crippen molar-refractivity contribution < 1.29 is 23.7 Å². The molecule has 1 aromatic heterocycles. The van der Waals surface area contributed by atoms with E-state index >= 15 is 0 Å². The zero-order valence-electron chi connectivity index (χ0n) is 10.4. The third-order valence-corrected chi connectivity index (χ3v) is 1.92. The second-order valence-corrected chi connectivity index (χ2v) is 3.19. The Labute approximate surface area is 105 Å². The van der Waals surface area contributed by atoms with Gasteiger partial charge in [0.2, 0.25) is 5.88 Å². The quantitative estimate of drug-likeness (QED) is 0.489. The Bertz CT molecular complexity index is 372. The molecule has 0 aromatic carbocycles. The Kier molecular flexibility index (Phi) is 6.67. The molecular formula is C11H16N2O5. The highest BCUT2D eigenvalue weighted by Crippen LogP contribution is 2.05. The van der Waals surface area contributed by atoms with E-state index in [1.807, 2.05) is 0 Å². The number of aromatic nitrogens is 2. The van der Waals surface area contributed by atoms with Crippen molar-refractivity contribution in [1.29, 1.82) is 0 Å². The third-order valence-electron chi connectivity index (χ3n) is 1.92. The van der Waals surface area contributed by atoms with Crippen molar-refractivity contribution in [2.45, 2.75) is 0 Å². The van der Waals surface area contributed by atoms with Crippen LogP contribution in [0.2, 0.25) is 0 Å². The molecule has 0 saturated heterocycles.